The fraction of sp³-hybridized carbons (Fsp3) is 0. The molecule has 0 aliphatic heterocycles. The molecule has 9 aromatic rings. The second-order valence-electron chi connectivity index (χ2n) is 11.4. The number of benzene rings is 8. The van der Waals surface area contributed by atoms with Gasteiger partial charge in [0.25, 0.3) is 0 Å². The largest absolute Gasteiger partial charge is 0.310 e. The molecule has 0 radical (unpaired) electrons. The highest BCUT2D eigenvalue weighted by Crippen LogP contribution is 2.40. The van der Waals surface area contributed by atoms with Crippen molar-refractivity contribution in [3.8, 4) is 5.69 Å². The maximum Gasteiger partial charge on any atom is 0.0547 e. The molecule has 44 heavy (non-hydrogen) atoms. The van der Waals surface area contributed by atoms with Gasteiger partial charge in [-0.1, -0.05) is 109 Å². The molecule has 2 heteroatoms. The predicted octanol–water partition coefficient (Wildman–Crippen LogP) is 11.7. The van der Waals surface area contributed by atoms with E-state index in [0.29, 0.717) is 0 Å². The van der Waals surface area contributed by atoms with E-state index in [4.69, 9.17) is 0 Å². The molecular weight excluding hydrogens is 532 g/mol. The summed E-state index contributed by atoms with van der Waals surface area (Å²) in [6.45, 7) is 0. The van der Waals surface area contributed by atoms with Crippen molar-refractivity contribution in [2.45, 2.75) is 0 Å². The van der Waals surface area contributed by atoms with E-state index in [9.17, 15) is 0 Å². The maximum absolute atomic E-state index is 2.40. The van der Waals surface area contributed by atoms with Gasteiger partial charge < -0.3 is 9.47 Å². The van der Waals surface area contributed by atoms with Crippen LogP contribution in [0.3, 0.4) is 0 Å². The number of hydrogen-bond acceptors (Lipinski definition) is 1. The highest BCUT2D eigenvalue weighted by atomic mass is 15.1. The Morgan fingerprint density at radius 2 is 0.841 bits per heavy atom. The molecule has 1 heterocycles. The molecule has 0 atom stereocenters. The van der Waals surface area contributed by atoms with Crippen molar-refractivity contribution in [2.24, 2.45) is 0 Å². The zero-order chi connectivity index (χ0) is 29.0. The van der Waals surface area contributed by atoms with Crippen molar-refractivity contribution in [1.29, 1.82) is 0 Å². The van der Waals surface area contributed by atoms with Gasteiger partial charge in [-0.25, -0.2) is 0 Å². The Hall–Kier alpha value is -5.86. The number of para-hydroxylation sites is 1. The van der Waals surface area contributed by atoms with Gasteiger partial charge in [-0.15, -0.1) is 0 Å². The maximum atomic E-state index is 2.40. The SMILES string of the molecule is c1ccc2cc(N(c3ccc(-n4c5ccccc5c5c6ccccc6ccc54)cc3)c3ccc4ccccc4c3)ccc2c1. The van der Waals surface area contributed by atoms with Crippen molar-refractivity contribution in [2.75, 3.05) is 4.90 Å². The first-order chi connectivity index (χ1) is 21.8. The van der Waals surface area contributed by atoms with Gasteiger partial charge in [0.2, 0.25) is 0 Å². The van der Waals surface area contributed by atoms with Gasteiger partial charge in [-0.2, -0.15) is 0 Å². The van der Waals surface area contributed by atoms with Crippen LogP contribution >= 0.6 is 0 Å². The van der Waals surface area contributed by atoms with E-state index in [1.807, 2.05) is 0 Å². The van der Waals surface area contributed by atoms with Crippen LogP contribution < -0.4 is 4.90 Å². The summed E-state index contributed by atoms with van der Waals surface area (Å²) in [7, 11) is 0. The lowest BCUT2D eigenvalue weighted by Crippen LogP contribution is -2.10. The molecule has 0 spiro atoms. The highest BCUT2D eigenvalue weighted by Gasteiger charge is 2.17. The molecule has 0 N–H and O–H groups in total. The first-order valence-electron chi connectivity index (χ1n) is 15.1. The standard InChI is InChI=1S/C42H28N2/c1-3-12-32-27-36(20-17-29(32)9-1)43(37-21-18-30-10-2-4-13-33(30)28-37)34-22-24-35(25-23-34)44-40-16-8-7-15-39(40)42-38-14-6-5-11-31(38)19-26-41(42)44/h1-28H. The smallest absolute Gasteiger partial charge is 0.0547 e. The van der Waals surface area contributed by atoms with E-state index >= 15 is 0 Å². The molecule has 0 fully saturated rings. The van der Waals surface area contributed by atoms with Gasteiger partial charge >= 0.3 is 0 Å². The predicted molar refractivity (Wildman–Crippen MR) is 188 cm³/mol. The van der Waals surface area contributed by atoms with Crippen LogP contribution in [0.1, 0.15) is 0 Å². The van der Waals surface area contributed by atoms with Crippen LogP contribution in [-0.2, 0) is 0 Å². The molecule has 0 unspecified atom stereocenters. The summed E-state index contributed by atoms with van der Waals surface area (Å²) < 4.78 is 2.40. The third-order valence-electron chi connectivity index (χ3n) is 8.91. The Morgan fingerprint density at radius 3 is 1.50 bits per heavy atom. The lowest BCUT2D eigenvalue weighted by molar-refractivity contribution is 1.17. The van der Waals surface area contributed by atoms with Crippen LogP contribution in [0.5, 0.6) is 0 Å². The summed E-state index contributed by atoms with van der Waals surface area (Å²) in [4.78, 5) is 2.36. The van der Waals surface area contributed by atoms with Crippen molar-refractivity contribution in [3.63, 3.8) is 0 Å². The minimum absolute atomic E-state index is 1.12. The first kappa shape index (κ1) is 24.7. The van der Waals surface area contributed by atoms with E-state index in [0.717, 1.165) is 22.7 Å². The fourth-order valence-electron chi connectivity index (χ4n) is 6.85. The van der Waals surface area contributed by atoms with Crippen molar-refractivity contribution in [1.82, 2.24) is 4.57 Å². The molecule has 0 saturated heterocycles. The fourth-order valence-corrected chi connectivity index (χ4v) is 6.85. The van der Waals surface area contributed by atoms with Crippen LogP contribution in [0.25, 0.3) is 59.8 Å². The zero-order valence-electron chi connectivity index (χ0n) is 24.1. The minimum Gasteiger partial charge on any atom is -0.310 e. The van der Waals surface area contributed by atoms with E-state index in [-0.39, 0.29) is 0 Å². The van der Waals surface area contributed by atoms with Crippen LogP contribution in [-0.4, -0.2) is 4.57 Å². The van der Waals surface area contributed by atoms with Gasteiger partial charge in [0.1, 0.15) is 0 Å². The van der Waals surface area contributed by atoms with Gasteiger partial charge in [0.05, 0.1) is 11.0 Å². The average molecular weight is 561 g/mol. The summed E-state index contributed by atoms with van der Waals surface area (Å²) in [5.41, 5.74) is 6.97. The molecule has 0 amide bonds. The average Bonchev–Trinajstić information content (AvgIpc) is 3.43. The minimum atomic E-state index is 1.12. The Morgan fingerprint density at radius 1 is 0.341 bits per heavy atom. The monoisotopic (exact) mass is 560 g/mol. The van der Waals surface area contributed by atoms with Crippen LogP contribution in [0.2, 0.25) is 0 Å². The second kappa shape index (κ2) is 9.86. The lowest BCUT2D eigenvalue weighted by Gasteiger charge is -2.26. The summed E-state index contributed by atoms with van der Waals surface area (Å²) in [6.07, 6.45) is 0. The van der Waals surface area contributed by atoms with Crippen LogP contribution in [0, 0.1) is 0 Å². The zero-order valence-corrected chi connectivity index (χ0v) is 24.1. The normalized spacial score (nSPS) is 11.6. The number of aromatic nitrogens is 1. The third-order valence-corrected chi connectivity index (χ3v) is 8.91. The molecule has 0 bridgehead atoms. The summed E-state index contributed by atoms with van der Waals surface area (Å²) in [5, 5.41) is 10.1. The van der Waals surface area contributed by atoms with Gasteiger partial charge in [-0.05, 0) is 93.0 Å². The molecule has 0 aliphatic rings. The Kier molecular flexibility index (Phi) is 5.54. The summed E-state index contributed by atoms with van der Waals surface area (Å²) >= 11 is 0. The van der Waals surface area contributed by atoms with Crippen molar-refractivity contribution < 1.29 is 0 Å². The first-order valence-corrected chi connectivity index (χ1v) is 15.1. The van der Waals surface area contributed by atoms with E-state index in [1.54, 1.807) is 0 Å². The van der Waals surface area contributed by atoms with Crippen LogP contribution in [0.15, 0.2) is 170 Å². The number of anilines is 3. The Labute approximate surface area is 255 Å². The molecule has 9 rings (SSSR count). The lowest BCUT2D eigenvalue weighted by atomic mass is 10.0. The van der Waals surface area contributed by atoms with Gasteiger partial charge in [0, 0.05) is 33.5 Å². The highest BCUT2D eigenvalue weighted by molar-refractivity contribution is 6.21. The topological polar surface area (TPSA) is 8.17 Å². The molecular formula is C42H28N2. The molecule has 2 nitrogen and oxygen atoms in total. The molecule has 0 aliphatic carbocycles. The summed E-state index contributed by atoms with van der Waals surface area (Å²) in [5.74, 6) is 0. The molecule has 206 valence electrons. The van der Waals surface area contributed by atoms with Crippen LogP contribution in [0.4, 0.5) is 17.1 Å². The Bertz CT molecular complexity index is 2420. The van der Waals surface area contributed by atoms with E-state index in [1.165, 1.54) is 54.1 Å². The van der Waals surface area contributed by atoms with E-state index in [2.05, 4.69) is 179 Å². The molecule has 8 aromatic carbocycles. The van der Waals surface area contributed by atoms with Gasteiger partial charge in [0.15, 0.2) is 0 Å². The molecule has 1 aromatic heterocycles. The van der Waals surface area contributed by atoms with Crippen molar-refractivity contribution >= 4 is 71.2 Å². The van der Waals surface area contributed by atoms with E-state index < -0.39 is 0 Å². The second-order valence-corrected chi connectivity index (χ2v) is 11.4. The number of fused-ring (bicyclic) bond motifs is 7. The third kappa shape index (κ3) is 3.89. The number of rotatable bonds is 4. The number of hydrogen-bond donors (Lipinski definition) is 0. The summed E-state index contributed by atoms with van der Waals surface area (Å²) in [6, 6.07) is 61.5. The Balaban J connectivity index is 1.23. The number of nitrogens with zero attached hydrogens (tertiary/aromatic N) is 2. The van der Waals surface area contributed by atoms with Gasteiger partial charge in [-0.3, -0.25) is 0 Å². The quantitative estimate of drug-likeness (QED) is 0.208. The van der Waals surface area contributed by atoms with Crippen molar-refractivity contribution in [3.05, 3.63) is 170 Å². The molecule has 0 saturated carbocycles.